The van der Waals surface area contributed by atoms with Gasteiger partial charge in [-0.3, -0.25) is 9.88 Å². The number of hydrogen-bond acceptors (Lipinski definition) is 4. The van der Waals surface area contributed by atoms with Crippen LogP contribution in [0.2, 0.25) is 0 Å². The average molecular weight is 262 g/mol. The van der Waals surface area contributed by atoms with E-state index in [-0.39, 0.29) is 5.54 Å². The molecule has 1 aliphatic rings. The van der Waals surface area contributed by atoms with Gasteiger partial charge in [0.15, 0.2) is 0 Å². The highest BCUT2D eigenvalue weighted by Gasteiger charge is 2.28. The third-order valence-corrected chi connectivity index (χ3v) is 4.14. The van der Waals surface area contributed by atoms with Gasteiger partial charge in [-0.2, -0.15) is 0 Å². The second kappa shape index (κ2) is 6.46. The maximum absolute atomic E-state index is 5.84. The Kier molecular flexibility index (Phi) is 4.91. The zero-order valence-electron chi connectivity index (χ0n) is 12.2. The molecule has 0 unspecified atom stereocenters. The van der Waals surface area contributed by atoms with E-state index in [1.165, 1.54) is 5.69 Å². The van der Waals surface area contributed by atoms with E-state index < -0.39 is 0 Å². The van der Waals surface area contributed by atoms with E-state index in [0.717, 1.165) is 45.7 Å². The predicted octanol–water partition coefficient (Wildman–Crippen LogP) is 0.979. The van der Waals surface area contributed by atoms with Gasteiger partial charge in [0.05, 0.1) is 0 Å². The number of pyridine rings is 1. The quantitative estimate of drug-likeness (QED) is 0.859. The zero-order chi connectivity index (χ0) is 13.7. The van der Waals surface area contributed by atoms with Crippen LogP contribution in [0.15, 0.2) is 24.4 Å². The van der Waals surface area contributed by atoms with Crippen LogP contribution in [-0.2, 0) is 6.42 Å². The van der Waals surface area contributed by atoms with Crippen molar-refractivity contribution in [1.29, 1.82) is 0 Å². The molecule has 0 radical (unpaired) electrons. The highest BCUT2D eigenvalue weighted by Crippen LogP contribution is 2.15. The number of nitrogens with two attached hydrogens (primary N) is 1. The lowest BCUT2D eigenvalue weighted by Gasteiger charge is -2.43. The van der Waals surface area contributed by atoms with Gasteiger partial charge in [-0.25, -0.2) is 0 Å². The summed E-state index contributed by atoms with van der Waals surface area (Å²) in [5.74, 6) is 0. The van der Waals surface area contributed by atoms with Gasteiger partial charge in [-0.15, -0.1) is 0 Å². The molecule has 1 fully saturated rings. The summed E-state index contributed by atoms with van der Waals surface area (Å²) in [5, 5.41) is 0. The molecule has 0 spiro atoms. The molecule has 4 nitrogen and oxygen atoms in total. The summed E-state index contributed by atoms with van der Waals surface area (Å²) in [4.78, 5) is 9.41. The Morgan fingerprint density at radius 1 is 1.21 bits per heavy atom. The molecule has 0 aliphatic carbocycles. The normalized spacial score (nSPS) is 18.7. The third kappa shape index (κ3) is 4.00. The van der Waals surface area contributed by atoms with Crippen LogP contribution in [0.5, 0.6) is 0 Å². The molecule has 2 heterocycles. The molecule has 4 heteroatoms. The van der Waals surface area contributed by atoms with Crippen LogP contribution in [0, 0.1) is 0 Å². The van der Waals surface area contributed by atoms with Crippen molar-refractivity contribution in [2.24, 2.45) is 5.73 Å². The lowest BCUT2D eigenvalue weighted by molar-refractivity contribution is 0.0573. The Labute approximate surface area is 116 Å². The molecule has 1 aliphatic heterocycles. The average Bonchev–Trinajstić information content (AvgIpc) is 2.47. The molecule has 1 aromatic heterocycles. The molecule has 0 aromatic carbocycles. The van der Waals surface area contributed by atoms with Crippen LogP contribution in [0.3, 0.4) is 0 Å². The number of rotatable bonds is 5. The fourth-order valence-electron chi connectivity index (χ4n) is 2.52. The second-order valence-corrected chi connectivity index (χ2v) is 5.92. The fraction of sp³-hybridized carbons (Fsp3) is 0.667. The van der Waals surface area contributed by atoms with Gasteiger partial charge in [0.1, 0.15) is 0 Å². The number of nitrogens with zero attached hydrogens (tertiary/aromatic N) is 3. The van der Waals surface area contributed by atoms with Crippen LogP contribution in [0.25, 0.3) is 0 Å². The zero-order valence-corrected chi connectivity index (χ0v) is 12.2. The highest BCUT2D eigenvalue weighted by molar-refractivity contribution is 5.03. The molecule has 0 amide bonds. The summed E-state index contributed by atoms with van der Waals surface area (Å²) >= 11 is 0. The Bertz CT molecular complexity index is 369. The van der Waals surface area contributed by atoms with Gasteiger partial charge in [-0.05, 0) is 26.0 Å². The maximum atomic E-state index is 5.84. The minimum absolute atomic E-state index is 0.132. The van der Waals surface area contributed by atoms with Crippen LogP contribution < -0.4 is 5.73 Å². The molecule has 1 saturated heterocycles. The highest BCUT2D eigenvalue weighted by atomic mass is 15.3. The molecule has 19 heavy (non-hydrogen) atoms. The second-order valence-electron chi connectivity index (χ2n) is 5.92. The van der Waals surface area contributed by atoms with Gasteiger partial charge in [0.2, 0.25) is 0 Å². The standard InChI is InChI=1S/C15H26N4/c1-15(2,13-16)19-11-9-18(10-12-19)8-6-14-5-3-4-7-17-14/h3-5,7H,6,8-13,16H2,1-2H3. The summed E-state index contributed by atoms with van der Waals surface area (Å²) in [6, 6.07) is 6.13. The van der Waals surface area contributed by atoms with Crippen molar-refractivity contribution >= 4 is 0 Å². The van der Waals surface area contributed by atoms with E-state index in [0.29, 0.717) is 0 Å². The van der Waals surface area contributed by atoms with E-state index in [9.17, 15) is 0 Å². The van der Waals surface area contributed by atoms with Crippen molar-refractivity contribution in [1.82, 2.24) is 14.8 Å². The van der Waals surface area contributed by atoms with Crippen molar-refractivity contribution in [2.75, 3.05) is 39.3 Å². The molecule has 2 N–H and O–H groups in total. The summed E-state index contributed by atoms with van der Waals surface area (Å²) in [5.41, 5.74) is 7.16. The summed E-state index contributed by atoms with van der Waals surface area (Å²) in [6.45, 7) is 10.8. The van der Waals surface area contributed by atoms with Gasteiger partial charge in [-0.1, -0.05) is 6.07 Å². The van der Waals surface area contributed by atoms with Crippen molar-refractivity contribution in [3.63, 3.8) is 0 Å². The topological polar surface area (TPSA) is 45.4 Å². The Morgan fingerprint density at radius 3 is 2.53 bits per heavy atom. The van der Waals surface area contributed by atoms with Gasteiger partial charge in [0, 0.05) is 63.1 Å². The summed E-state index contributed by atoms with van der Waals surface area (Å²) in [6.07, 6.45) is 2.91. The molecule has 0 bridgehead atoms. The molecular weight excluding hydrogens is 236 g/mol. The van der Waals surface area contributed by atoms with Crippen molar-refractivity contribution in [2.45, 2.75) is 25.8 Å². The maximum Gasteiger partial charge on any atom is 0.0416 e. The van der Waals surface area contributed by atoms with Crippen LogP contribution >= 0.6 is 0 Å². The molecule has 0 atom stereocenters. The first kappa shape index (κ1) is 14.4. The first-order valence-electron chi connectivity index (χ1n) is 7.19. The Balaban J connectivity index is 1.75. The Morgan fingerprint density at radius 2 is 1.95 bits per heavy atom. The van der Waals surface area contributed by atoms with Crippen LogP contribution in [0.4, 0.5) is 0 Å². The van der Waals surface area contributed by atoms with E-state index in [4.69, 9.17) is 5.73 Å². The van der Waals surface area contributed by atoms with Crippen molar-refractivity contribution < 1.29 is 0 Å². The first-order valence-corrected chi connectivity index (χ1v) is 7.19. The first-order chi connectivity index (χ1) is 9.12. The molecule has 2 rings (SSSR count). The van der Waals surface area contributed by atoms with Crippen LogP contribution in [0.1, 0.15) is 19.5 Å². The number of piperazine rings is 1. The largest absolute Gasteiger partial charge is 0.329 e. The van der Waals surface area contributed by atoms with E-state index >= 15 is 0 Å². The summed E-state index contributed by atoms with van der Waals surface area (Å²) in [7, 11) is 0. The Hall–Kier alpha value is -0.970. The van der Waals surface area contributed by atoms with Crippen LogP contribution in [-0.4, -0.2) is 59.6 Å². The molecular formula is C15H26N4. The lowest BCUT2D eigenvalue weighted by atomic mass is 10.0. The fourth-order valence-corrected chi connectivity index (χ4v) is 2.52. The van der Waals surface area contributed by atoms with E-state index in [1.54, 1.807) is 0 Å². The van der Waals surface area contributed by atoms with Gasteiger partial charge >= 0.3 is 0 Å². The minimum Gasteiger partial charge on any atom is -0.329 e. The lowest BCUT2D eigenvalue weighted by Crippen LogP contribution is -2.57. The summed E-state index contributed by atoms with van der Waals surface area (Å²) < 4.78 is 0. The van der Waals surface area contributed by atoms with E-state index in [1.807, 2.05) is 12.3 Å². The number of aromatic nitrogens is 1. The predicted molar refractivity (Wildman–Crippen MR) is 79.1 cm³/mol. The van der Waals surface area contributed by atoms with Gasteiger partial charge < -0.3 is 10.6 Å². The number of hydrogen-bond donors (Lipinski definition) is 1. The van der Waals surface area contributed by atoms with Gasteiger partial charge in [0.25, 0.3) is 0 Å². The monoisotopic (exact) mass is 262 g/mol. The minimum atomic E-state index is 0.132. The third-order valence-electron chi connectivity index (χ3n) is 4.14. The SMILES string of the molecule is CC(C)(CN)N1CCN(CCc2ccccn2)CC1. The van der Waals surface area contributed by atoms with E-state index in [2.05, 4.69) is 40.8 Å². The smallest absolute Gasteiger partial charge is 0.0416 e. The molecule has 0 saturated carbocycles. The molecule has 1 aromatic rings. The molecule has 106 valence electrons. The van der Waals surface area contributed by atoms with Crippen molar-refractivity contribution in [3.8, 4) is 0 Å². The van der Waals surface area contributed by atoms with Crippen molar-refractivity contribution in [3.05, 3.63) is 30.1 Å².